The molecule has 152 valence electrons. The summed E-state index contributed by atoms with van der Waals surface area (Å²) in [5.41, 5.74) is 2.59. The quantitative estimate of drug-likeness (QED) is 0.253. The summed E-state index contributed by atoms with van der Waals surface area (Å²) in [6.45, 7) is -0.0702. The molecule has 0 saturated heterocycles. The van der Waals surface area contributed by atoms with E-state index in [2.05, 4.69) is 34.0 Å². The Hall–Kier alpha value is -2.97. The van der Waals surface area contributed by atoms with Gasteiger partial charge in [-0.3, -0.25) is 4.79 Å². The highest BCUT2D eigenvalue weighted by Gasteiger charge is 2.14. The van der Waals surface area contributed by atoms with E-state index in [0.29, 0.717) is 5.75 Å². The van der Waals surface area contributed by atoms with Crippen LogP contribution in [-0.2, 0) is 4.79 Å². The van der Waals surface area contributed by atoms with E-state index < -0.39 is 0 Å². The first-order chi connectivity index (χ1) is 15.2. The van der Waals surface area contributed by atoms with E-state index in [9.17, 15) is 4.79 Å². The van der Waals surface area contributed by atoms with Crippen molar-refractivity contribution in [3.63, 3.8) is 0 Å². The van der Waals surface area contributed by atoms with Crippen LogP contribution in [-0.4, -0.2) is 17.5 Å². The fourth-order valence-corrected chi connectivity index (χ4v) is 4.93. The number of carbonyl (C=O) groups is 1. The van der Waals surface area contributed by atoms with Gasteiger partial charge in [0.15, 0.2) is 6.61 Å². The molecule has 0 fully saturated rings. The van der Waals surface area contributed by atoms with E-state index in [1.807, 2.05) is 78.9 Å². The lowest BCUT2D eigenvalue weighted by atomic mass is 10.1. The molecule has 0 bridgehead atoms. The Morgan fingerprint density at radius 2 is 1.77 bits per heavy atom. The van der Waals surface area contributed by atoms with Gasteiger partial charge in [-0.2, -0.15) is 0 Å². The highest BCUT2D eigenvalue weighted by molar-refractivity contribution is 14.1. The van der Waals surface area contributed by atoms with Crippen molar-refractivity contribution in [2.24, 2.45) is 0 Å². The SMILES string of the molecule is O=C(COc1cccc2ccccc12)Nc1ccc(I)cc1-c1nc2ccccc2s1. The second-order valence-corrected chi connectivity index (χ2v) is 9.27. The van der Waals surface area contributed by atoms with Gasteiger partial charge in [-0.1, -0.05) is 48.5 Å². The Morgan fingerprint density at radius 3 is 2.68 bits per heavy atom. The van der Waals surface area contributed by atoms with Gasteiger partial charge in [-0.15, -0.1) is 11.3 Å². The molecule has 0 aliphatic rings. The summed E-state index contributed by atoms with van der Waals surface area (Å²) in [4.78, 5) is 17.5. The number of rotatable bonds is 5. The van der Waals surface area contributed by atoms with Crippen LogP contribution in [0.2, 0.25) is 0 Å². The fraction of sp³-hybridized carbons (Fsp3) is 0.0400. The third-order valence-corrected chi connectivity index (χ3v) is 6.63. The molecule has 6 heteroatoms. The maximum atomic E-state index is 12.7. The third-order valence-electron chi connectivity index (χ3n) is 4.89. The van der Waals surface area contributed by atoms with Gasteiger partial charge in [-0.25, -0.2) is 4.98 Å². The maximum absolute atomic E-state index is 12.7. The molecule has 0 unspecified atom stereocenters. The van der Waals surface area contributed by atoms with Crippen molar-refractivity contribution in [3.8, 4) is 16.3 Å². The lowest BCUT2D eigenvalue weighted by Crippen LogP contribution is -2.20. The molecular formula is C25H17IN2O2S. The van der Waals surface area contributed by atoms with Crippen LogP contribution in [0.1, 0.15) is 0 Å². The monoisotopic (exact) mass is 536 g/mol. The summed E-state index contributed by atoms with van der Waals surface area (Å²) < 4.78 is 8.04. The highest BCUT2D eigenvalue weighted by atomic mass is 127. The third kappa shape index (κ3) is 4.26. The highest BCUT2D eigenvalue weighted by Crippen LogP contribution is 2.35. The summed E-state index contributed by atoms with van der Waals surface area (Å²) in [6, 6.07) is 27.8. The van der Waals surface area contributed by atoms with E-state index in [0.717, 1.165) is 40.8 Å². The Morgan fingerprint density at radius 1 is 0.968 bits per heavy atom. The predicted molar refractivity (Wildman–Crippen MR) is 136 cm³/mol. The molecule has 1 aromatic heterocycles. The molecule has 0 aliphatic carbocycles. The molecule has 1 N–H and O–H groups in total. The van der Waals surface area contributed by atoms with Crippen molar-refractivity contribution < 1.29 is 9.53 Å². The number of nitrogens with one attached hydrogen (secondary N) is 1. The zero-order valence-corrected chi connectivity index (χ0v) is 19.3. The van der Waals surface area contributed by atoms with Gasteiger partial charge in [-0.05, 0) is 64.4 Å². The smallest absolute Gasteiger partial charge is 0.262 e. The zero-order valence-electron chi connectivity index (χ0n) is 16.3. The van der Waals surface area contributed by atoms with E-state index in [1.165, 1.54) is 0 Å². The molecule has 5 rings (SSSR count). The lowest BCUT2D eigenvalue weighted by Gasteiger charge is -2.12. The zero-order chi connectivity index (χ0) is 21.2. The van der Waals surface area contributed by atoms with E-state index in [1.54, 1.807) is 11.3 Å². The molecule has 0 aliphatic heterocycles. The Bertz CT molecular complexity index is 1380. The molecule has 0 atom stereocenters. The van der Waals surface area contributed by atoms with Gasteiger partial charge in [0.05, 0.1) is 15.9 Å². The van der Waals surface area contributed by atoms with Crippen LogP contribution >= 0.6 is 33.9 Å². The van der Waals surface area contributed by atoms with Crippen LogP contribution in [0.4, 0.5) is 5.69 Å². The summed E-state index contributed by atoms with van der Waals surface area (Å²) in [6.07, 6.45) is 0. The van der Waals surface area contributed by atoms with Gasteiger partial charge in [0.2, 0.25) is 0 Å². The number of nitrogens with zero attached hydrogens (tertiary/aromatic N) is 1. The summed E-state index contributed by atoms with van der Waals surface area (Å²) >= 11 is 3.89. The molecule has 31 heavy (non-hydrogen) atoms. The van der Waals surface area contributed by atoms with Gasteiger partial charge >= 0.3 is 0 Å². The molecule has 0 radical (unpaired) electrons. The Kier molecular flexibility index (Phi) is 5.57. The lowest BCUT2D eigenvalue weighted by molar-refractivity contribution is -0.118. The molecule has 4 aromatic carbocycles. The van der Waals surface area contributed by atoms with Gasteiger partial charge in [0.1, 0.15) is 10.8 Å². The van der Waals surface area contributed by atoms with Crippen LogP contribution in [0.5, 0.6) is 5.75 Å². The number of hydrogen-bond donors (Lipinski definition) is 1. The van der Waals surface area contributed by atoms with Gasteiger partial charge < -0.3 is 10.1 Å². The number of fused-ring (bicyclic) bond motifs is 2. The molecular weight excluding hydrogens is 519 g/mol. The predicted octanol–water partition coefficient (Wildman–Crippen LogP) is 6.74. The largest absolute Gasteiger partial charge is 0.483 e. The van der Waals surface area contributed by atoms with Crippen molar-refractivity contribution in [1.82, 2.24) is 4.98 Å². The van der Waals surface area contributed by atoms with Crippen LogP contribution in [0, 0.1) is 3.57 Å². The summed E-state index contributed by atoms with van der Waals surface area (Å²) in [5, 5.41) is 5.95. The van der Waals surface area contributed by atoms with Gasteiger partial charge in [0, 0.05) is 14.5 Å². The van der Waals surface area contributed by atoms with Crippen molar-refractivity contribution >= 4 is 66.5 Å². The average Bonchev–Trinajstić information content (AvgIpc) is 3.23. The summed E-state index contributed by atoms with van der Waals surface area (Å²) in [5.74, 6) is 0.485. The average molecular weight is 536 g/mol. The standard InChI is InChI=1S/C25H17IN2O2S/c26-17-12-13-20(19(14-17)25-28-21-9-3-4-11-23(21)31-25)27-24(29)15-30-22-10-5-7-16-6-1-2-8-18(16)22/h1-14H,15H2,(H,27,29). The number of carbonyl (C=O) groups excluding carboxylic acids is 1. The Labute approximate surface area is 197 Å². The first-order valence-corrected chi connectivity index (χ1v) is 11.6. The first kappa shape index (κ1) is 20.0. The second-order valence-electron chi connectivity index (χ2n) is 6.99. The van der Waals surface area contributed by atoms with E-state index >= 15 is 0 Å². The minimum absolute atomic E-state index is 0.0702. The minimum atomic E-state index is -0.212. The van der Waals surface area contributed by atoms with Crippen molar-refractivity contribution in [2.45, 2.75) is 0 Å². The second kappa shape index (κ2) is 8.64. The van der Waals surface area contributed by atoms with Crippen LogP contribution in [0.25, 0.3) is 31.6 Å². The number of hydrogen-bond acceptors (Lipinski definition) is 4. The van der Waals surface area contributed by atoms with Crippen molar-refractivity contribution in [3.05, 3.63) is 88.5 Å². The number of halogens is 1. The first-order valence-electron chi connectivity index (χ1n) is 9.73. The van der Waals surface area contributed by atoms with E-state index in [4.69, 9.17) is 9.72 Å². The van der Waals surface area contributed by atoms with E-state index in [-0.39, 0.29) is 12.5 Å². The fourth-order valence-electron chi connectivity index (χ4n) is 3.44. The topological polar surface area (TPSA) is 51.2 Å². The number of benzene rings is 4. The number of anilines is 1. The van der Waals surface area contributed by atoms with Crippen molar-refractivity contribution in [1.29, 1.82) is 0 Å². The minimum Gasteiger partial charge on any atom is -0.483 e. The van der Waals surface area contributed by atoms with Crippen LogP contribution in [0.15, 0.2) is 84.9 Å². The van der Waals surface area contributed by atoms with Crippen LogP contribution < -0.4 is 10.1 Å². The number of aromatic nitrogens is 1. The number of ether oxygens (including phenoxy) is 1. The molecule has 1 heterocycles. The maximum Gasteiger partial charge on any atom is 0.262 e. The van der Waals surface area contributed by atoms with Crippen LogP contribution in [0.3, 0.4) is 0 Å². The molecule has 4 nitrogen and oxygen atoms in total. The molecule has 0 spiro atoms. The number of thiazole rings is 1. The van der Waals surface area contributed by atoms with Gasteiger partial charge in [0.25, 0.3) is 5.91 Å². The normalized spacial score (nSPS) is 11.0. The van der Waals surface area contributed by atoms with Crippen molar-refractivity contribution in [2.75, 3.05) is 11.9 Å². The Balaban J connectivity index is 1.38. The molecule has 1 amide bonds. The number of para-hydroxylation sites is 1. The molecule has 0 saturated carbocycles. The molecule has 5 aromatic rings. The number of amides is 1. The summed E-state index contributed by atoms with van der Waals surface area (Å²) in [7, 11) is 0.